The Balaban J connectivity index is 1.56. The number of rotatable bonds is 3. The molecule has 1 aromatic carbocycles. The fourth-order valence-corrected chi connectivity index (χ4v) is 3.29. The predicted molar refractivity (Wildman–Crippen MR) is 81.9 cm³/mol. The van der Waals surface area contributed by atoms with Gasteiger partial charge >= 0.3 is 0 Å². The molecule has 1 aromatic rings. The van der Waals surface area contributed by atoms with Gasteiger partial charge in [-0.15, -0.1) is 0 Å². The minimum Gasteiger partial charge on any atom is -0.381 e. The lowest BCUT2D eigenvalue weighted by Crippen LogP contribution is -2.50. The minimum absolute atomic E-state index is 0.0483. The number of piperazine rings is 1. The zero-order valence-electron chi connectivity index (χ0n) is 13.0. The normalized spacial score (nSPS) is 24.5. The molecule has 4 nitrogen and oxygen atoms in total. The molecule has 120 valence electrons. The average Bonchev–Trinajstić information content (AvgIpc) is 3.08. The van der Waals surface area contributed by atoms with E-state index in [1.165, 1.54) is 6.07 Å². The van der Waals surface area contributed by atoms with Crippen molar-refractivity contribution in [2.45, 2.75) is 19.4 Å². The van der Waals surface area contributed by atoms with Crippen LogP contribution < -0.4 is 0 Å². The van der Waals surface area contributed by atoms with E-state index in [-0.39, 0.29) is 23.7 Å². The molecule has 0 saturated carbocycles. The molecule has 0 radical (unpaired) electrons. The molecule has 0 aromatic heterocycles. The van der Waals surface area contributed by atoms with E-state index in [1.54, 1.807) is 12.1 Å². The maximum absolute atomic E-state index is 13.4. The van der Waals surface area contributed by atoms with Gasteiger partial charge in [-0.25, -0.2) is 4.39 Å². The molecule has 2 atom stereocenters. The molecule has 2 fully saturated rings. The Kier molecular flexibility index (Phi) is 4.74. The molecule has 2 saturated heterocycles. The summed E-state index contributed by atoms with van der Waals surface area (Å²) in [5.41, 5.74) is 0.990. The number of ether oxygens (including phenoxy) is 1. The first-order chi connectivity index (χ1) is 10.6. The van der Waals surface area contributed by atoms with Gasteiger partial charge < -0.3 is 9.64 Å². The third-order valence-corrected chi connectivity index (χ3v) is 4.78. The number of halogens is 1. The quantitative estimate of drug-likeness (QED) is 0.857. The molecule has 0 bridgehead atoms. The van der Waals surface area contributed by atoms with Gasteiger partial charge in [-0.05, 0) is 31.0 Å². The molecule has 0 N–H and O–H groups in total. The molecule has 22 heavy (non-hydrogen) atoms. The van der Waals surface area contributed by atoms with Crippen molar-refractivity contribution in [2.75, 3.05) is 39.4 Å². The molecule has 0 spiro atoms. The van der Waals surface area contributed by atoms with Gasteiger partial charge in [0.2, 0.25) is 5.91 Å². The van der Waals surface area contributed by atoms with Crippen LogP contribution in [0.15, 0.2) is 24.3 Å². The van der Waals surface area contributed by atoms with Gasteiger partial charge in [-0.3, -0.25) is 9.69 Å². The maximum Gasteiger partial charge on any atom is 0.228 e. The van der Waals surface area contributed by atoms with Gasteiger partial charge in [-0.2, -0.15) is 0 Å². The Morgan fingerprint density at radius 3 is 2.73 bits per heavy atom. The fraction of sp³-hybridized carbons (Fsp3) is 0.588. The van der Waals surface area contributed by atoms with E-state index in [0.717, 1.165) is 38.2 Å². The minimum atomic E-state index is -0.195. The second-order valence-corrected chi connectivity index (χ2v) is 6.15. The van der Waals surface area contributed by atoms with Crippen molar-refractivity contribution in [3.63, 3.8) is 0 Å². The van der Waals surface area contributed by atoms with Gasteiger partial charge in [-0.1, -0.05) is 12.1 Å². The van der Waals surface area contributed by atoms with Gasteiger partial charge in [0.05, 0.1) is 12.5 Å². The smallest absolute Gasteiger partial charge is 0.228 e. The highest BCUT2D eigenvalue weighted by Gasteiger charge is 2.31. The van der Waals surface area contributed by atoms with E-state index in [4.69, 9.17) is 4.74 Å². The molecule has 2 aliphatic heterocycles. The van der Waals surface area contributed by atoms with Crippen LogP contribution in [0.25, 0.3) is 0 Å². The van der Waals surface area contributed by atoms with E-state index < -0.39 is 0 Å². The zero-order valence-corrected chi connectivity index (χ0v) is 13.0. The second kappa shape index (κ2) is 6.75. The number of nitrogens with zero attached hydrogens (tertiary/aromatic N) is 2. The summed E-state index contributed by atoms with van der Waals surface area (Å²) in [7, 11) is 0. The Hall–Kier alpha value is -1.46. The number of hydrogen-bond acceptors (Lipinski definition) is 3. The van der Waals surface area contributed by atoms with Crippen LogP contribution in [-0.4, -0.2) is 55.1 Å². The number of hydrogen-bond donors (Lipinski definition) is 0. The lowest BCUT2D eigenvalue weighted by molar-refractivity contribution is -0.137. The topological polar surface area (TPSA) is 32.8 Å². The molecule has 5 heteroatoms. The van der Waals surface area contributed by atoms with Crippen molar-refractivity contribution < 1.29 is 13.9 Å². The summed E-state index contributed by atoms with van der Waals surface area (Å²) in [6.45, 7) is 6.51. The van der Waals surface area contributed by atoms with Crippen molar-refractivity contribution >= 4 is 5.91 Å². The Morgan fingerprint density at radius 1 is 1.32 bits per heavy atom. The van der Waals surface area contributed by atoms with E-state index >= 15 is 0 Å². The van der Waals surface area contributed by atoms with Gasteiger partial charge in [0.1, 0.15) is 5.82 Å². The number of benzene rings is 1. The van der Waals surface area contributed by atoms with Crippen molar-refractivity contribution in [1.29, 1.82) is 0 Å². The van der Waals surface area contributed by atoms with E-state index in [9.17, 15) is 9.18 Å². The largest absolute Gasteiger partial charge is 0.381 e. The molecule has 2 aliphatic rings. The molecule has 3 rings (SSSR count). The highest BCUT2D eigenvalue weighted by atomic mass is 19.1. The lowest BCUT2D eigenvalue weighted by Gasteiger charge is -2.39. The highest BCUT2D eigenvalue weighted by Crippen LogP contribution is 2.23. The van der Waals surface area contributed by atoms with Crippen molar-refractivity contribution in [3.05, 3.63) is 35.6 Å². The Labute approximate surface area is 130 Å². The van der Waals surface area contributed by atoms with E-state index in [1.807, 2.05) is 11.0 Å². The fourth-order valence-electron chi connectivity index (χ4n) is 3.29. The van der Waals surface area contributed by atoms with Crippen LogP contribution >= 0.6 is 0 Å². The number of carbonyl (C=O) groups excluding carboxylic acids is 1. The predicted octanol–water partition coefficient (Wildman–Crippen LogP) is 2.07. The van der Waals surface area contributed by atoms with Gasteiger partial charge in [0.15, 0.2) is 0 Å². The number of carbonyl (C=O) groups is 1. The summed E-state index contributed by atoms with van der Waals surface area (Å²) in [6, 6.07) is 6.94. The number of amides is 1. The molecule has 0 aliphatic carbocycles. The van der Waals surface area contributed by atoms with Crippen LogP contribution in [0, 0.1) is 11.7 Å². The zero-order chi connectivity index (χ0) is 15.5. The van der Waals surface area contributed by atoms with Gasteiger partial charge in [0, 0.05) is 38.8 Å². The van der Waals surface area contributed by atoms with Crippen LogP contribution in [-0.2, 0) is 9.53 Å². The van der Waals surface area contributed by atoms with Crippen molar-refractivity contribution in [2.24, 2.45) is 5.92 Å². The molecule has 1 amide bonds. The molecular formula is C17H23FN2O2. The SMILES string of the molecule is C[C@H](c1cccc(F)c1)N1CCN(C(=O)[C@@H]2CCOC2)CC1. The van der Waals surface area contributed by atoms with Gasteiger partial charge in [0.25, 0.3) is 0 Å². The molecule has 2 heterocycles. The summed E-state index contributed by atoms with van der Waals surface area (Å²) in [4.78, 5) is 16.6. The maximum atomic E-state index is 13.4. The summed E-state index contributed by atoms with van der Waals surface area (Å²) in [5, 5.41) is 0. The van der Waals surface area contributed by atoms with Crippen LogP contribution in [0.3, 0.4) is 0 Å². The summed E-state index contributed by atoms with van der Waals surface area (Å²) in [6.07, 6.45) is 0.846. The monoisotopic (exact) mass is 306 g/mol. The first-order valence-electron chi connectivity index (χ1n) is 8.01. The Morgan fingerprint density at radius 2 is 2.09 bits per heavy atom. The third-order valence-electron chi connectivity index (χ3n) is 4.78. The van der Waals surface area contributed by atoms with E-state index in [0.29, 0.717) is 13.2 Å². The first kappa shape index (κ1) is 15.4. The lowest BCUT2D eigenvalue weighted by atomic mass is 10.0. The van der Waals surface area contributed by atoms with Crippen LogP contribution in [0.2, 0.25) is 0 Å². The second-order valence-electron chi connectivity index (χ2n) is 6.15. The van der Waals surface area contributed by atoms with Crippen LogP contribution in [0.4, 0.5) is 4.39 Å². The highest BCUT2D eigenvalue weighted by molar-refractivity contribution is 5.79. The third kappa shape index (κ3) is 3.31. The first-order valence-corrected chi connectivity index (χ1v) is 8.01. The Bertz CT molecular complexity index is 523. The molecular weight excluding hydrogens is 283 g/mol. The van der Waals surface area contributed by atoms with Crippen LogP contribution in [0.5, 0.6) is 0 Å². The average molecular weight is 306 g/mol. The standard InChI is InChI=1S/C17H23FN2O2/c1-13(14-3-2-4-16(18)11-14)19-6-8-20(9-7-19)17(21)15-5-10-22-12-15/h2-4,11,13,15H,5-10,12H2,1H3/t13-,15-/m1/s1. The van der Waals surface area contributed by atoms with E-state index in [2.05, 4.69) is 11.8 Å². The van der Waals surface area contributed by atoms with Crippen molar-refractivity contribution in [3.8, 4) is 0 Å². The summed E-state index contributed by atoms with van der Waals surface area (Å²) in [5.74, 6) is 0.0853. The summed E-state index contributed by atoms with van der Waals surface area (Å²) < 4.78 is 18.7. The van der Waals surface area contributed by atoms with Crippen molar-refractivity contribution in [1.82, 2.24) is 9.80 Å². The molecule has 0 unspecified atom stereocenters. The van der Waals surface area contributed by atoms with Crippen LogP contribution in [0.1, 0.15) is 24.9 Å². The summed E-state index contributed by atoms with van der Waals surface area (Å²) >= 11 is 0.